The molecule has 144 valence electrons. The van der Waals surface area contributed by atoms with Crippen LogP contribution in [0.25, 0.3) is 0 Å². The summed E-state index contributed by atoms with van der Waals surface area (Å²) in [6.45, 7) is 4.00. The quantitative estimate of drug-likeness (QED) is 0.729. The number of carbonyl (C=O) groups is 1. The van der Waals surface area contributed by atoms with Crippen LogP contribution in [-0.4, -0.2) is 30.7 Å². The fourth-order valence-corrected chi connectivity index (χ4v) is 3.54. The number of halogens is 1. The molecule has 1 amide bonds. The third kappa shape index (κ3) is 4.22. The first kappa shape index (κ1) is 19.2. The molecule has 3 rings (SSSR count). The van der Waals surface area contributed by atoms with Crippen molar-refractivity contribution in [1.29, 1.82) is 0 Å². The number of carbonyl (C=O) groups excluding carboxylic acids is 1. The lowest BCUT2D eigenvalue weighted by Gasteiger charge is -2.36. The van der Waals surface area contributed by atoms with Gasteiger partial charge in [-0.3, -0.25) is 4.79 Å². The summed E-state index contributed by atoms with van der Waals surface area (Å²) in [5.41, 5.74) is 0.933. The zero-order valence-corrected chi connectivity index (χ0v) is 15.4. The van der Waals surface area contributed by atoms with Crippen molar-refractivity contribution in [2.24, 2.45) is 0 Å². The van der Waals surface area contributed by atoms with E-state index >= 15 is 0 Å². The topological polar surface area (TPSA) is 70.6 Å². The third-order valence-electron chi connectivity index (χ3n) is 4.99. The van der Waals surface area contributed by atoms with Gasteiger partial charge < -0.3 is 20.5 Å². The fourth-order valence-electron chi connectivity index (χ4n) is 3.54. The van der Waals surface area contributed by atoms with Gasteiger partial charge in [0.25, 0.3) is 0 Å². The summed E-state index contributed by atoms with van der Waals surface area (Å²) in [7, 11) is 0. The predicted octanol–water partition coefficient (Wildman–Crippen LogP) is 2.87. The maximum absolute atomic E-state index is 13.3. The lowest BCUT2D eigenvalue weighted by atomic mass is 9.74. The number of hydrogen-bond donors (Lipinski definition) is 3. The molecule has 3 N–H and O–H groups in total. The minimum absolute atomic E-state index is 0.0752. The van der Waals surface area contributed by atoms with E-state index in [2.05, 4.69) is 10.6 Å². The van der Waals surface area contributed by atoms with E-state index in [1.807, 2.05) is 6.92 Å². The predicted molar refractivity (Wildman–Crippen MR) is 101 cm³/mol. The Morgan fingerprint density at radius 3 is 2.74 bits per heavy atom. The van der Waals surface area contributed by atoms with Gasteiger partial charge in [0.15, 0.2) is 11.5 Å². The van der Waals surface area contributed by atoms with Gasteiger partial charge in [0.2, 0.25) is 5.91 Å². The van der Waals surface area contributed by atoms with Gasteiger partial charge in [-0.1, -0.05) is 18.2 Å². The van der Waals surface area contributed by atoms with Gasteiger partial charge in [-0.2, -0.15) is 0 Å². The van der Waals surface area contributed by atoms with Gasteiger partial charge in [0.05, 0.1) is 12.0 Å². The number of phenols is 1. The van der Waals surface area contributed by atoms with Crippen LogP contribution < -0.4 is 15.4 Å². The second-order valence-electron chi connectivity index (χ2n) is 6.79. The van der Waals surface area contributed by atoms with Crippen LogP contribution in [0.4, 0.5) is 4.39 Å². The van der Waals surface area contributed by atoms with Crippen LogP contribution >= 0.6 is 0 Å². The van der Waals surface area contributed by atoms with Crippen molar-refractivity contribution in [2.75, 3.05) is 19.7 Å². The van der Waals surface area contributed by atoms with E-state index < -0.39 is 5.41 Å². The van der Waals surface area contributed by atoms with Gasteiger partial charge in [-0.15, -0.1) is 0 Å². The number of ether oxygens (including phenoxy) is 1. The number of hydrogen-bond acceptors (Lipinski definition) is 4. The second-order valence-corrected chi connectivity index (χ2v) is 6.79. The standard InChI is InChI=1S/C21H25FN2O3/c1-2-27-19-12-15(4-9-18(19)25)13-24-20(26)21(10-3-11-23-14-21)16-5-7-17(22)8-6-16/h4-9,12,23,25H,2-3,10-11,13-14H2,1H3,(H,24,26)/t21-/m1/s1. The van der Waals surface area contributed by atoms with Gasteiger partial charge in [0.1, 0.15) is 5.82 Å². The van der Waals surface area contributed by atoms with E-state index in [1.165, 1.54) is 12.1 Å². The molecule has 2 aromatic rings. The summed E-state index contributed by atoms with van der Waals surface area (Å²) in [6.07, 6.45) is 1.58. The highest BCUT2D eigenvalue weighted by Gasteiger charge is 2.41. The molecule has 1 aliphatic heterocycles. The molecule has 1 atom stereocenters. The fraction of sp³-hybridized carbons (Fsp3) is 0.381. The van der Waals surface area contributed by atoms with Gasteiger partial charge >= 0.3 is 0 Å². The van der Waals surface area contributed by atoms with E-state index in [-0.39, 0.29) is 17.5 Å². The Labute approximate surface area is 158 Å². The van der Waals surface area contributed by atoms with E-state index in [9.17, 15) is 14.3 Å². The monoisotopic (exact) mass is 372 g/mol. The average Bonchev–Trinajstić information content (AvgIpc) is 2.69. The minimum Gasteiger partial charge on any atom is -0.504 e. The van der Waals surface area contributed by atoms with Crippen molar-refractivity contribution >= 4 is 5.91 Å². The Kier molecular flexibility index (Phi) is 5.96. The molecule has 5 nitrogen and oxygen atoms in total. The molecule has 0 spiro atoms. The SMILES string of the molecule is CCOc1cc(CNC(=O)[C@]2(c3ccc(F)cc3)CCCNC2)ccc1O. The molecule has 1 fully saturated rings. The van der Waals surface area contributed by atoms with Crippen molar-refractivity contribution in [1.82, 2.24) is 10.6 Å². The molecule has 0 aliphatic carbocycles. The number of aromatic hydroxyl groups is 1. The molecule has 2 aromatic carbocycles. The van der Waals surface area contributed by atoms with E-state index in [4.69, 9.17) is 4.74 Å². The van der Waals surface area contributed by atoms with Crippen molar-refractivity contribution in [3.63, 3.8) is 0 Å². The van der Waals surface area contributed by atoms with Gasteiger partial charge in [0, 0.05) is 13.1 Å². The van der Waals surface area contributed by atoms with E-state index in [0.29, 0.717) is 31.9 Å². The molecular weight excluding hydrogens is 347 g/mol. The Morgan fingerprint density at radius 2 is 2.07 bits per heavy atom. The summed E-state index contributed by atoms with van der Waals surface area (Å²) < 4.78 is 18.7. The van der Waals surface area contributed by atoms with Crippen LogP contribution in [0, 0.1) is 5.82 Å². The molecular formula is C21H25FN2O3. The molecule has 1 aliphatic rings. The molecule has 0 saturated carbocycles. The highest BCUT2D eigenvalue weighted by molar-refractivity contribution is 5.88. The van der Waals surface area contributed by atoms with E-state index in [0.717, 1.165) is 24.1 Å². The molecule has 0 radical (unpaired) electrons. The van der Waals surface area contributed by atoms with Crippen LogP contribution in [0.5, 0.6) is 11.5 Å². The first-order chi connectivity index (χ1) is 13.0. The van der Waals surface area contributed by atoms with Crippen LogP contribution in [0.2, 0.25) is 0 Å². The Morgan fingerprint density at radius 1 is 1.30 bits per heavy atom. The number of nitrogens with one attached hydrogen (secondary N) is 2. The van der Waals surface area contributed by atoms with Crippen molar-refractivity contribution in [3.05, 3.63) is 59.4 Å². The summed E-state index contributed by atoms with van der Waals surface area (Å²) in [4.78, 5) is 13.1. The lowest BCUT2D eigenvalue weighted by Crippen LogP contribution is -2.53. The zero-order valence-electron chi connectivity index (χ0n) is 15.4. The van der Waals surface area contributed by atoms with Crippen LogP contribution in [0.3, 0.4) is 0 Å². The average molecular weight is 372 g/mol. The number of benzene rings is 2. The second kappa shape index (κ2) is 8.39. The van der Waals surface area contributed by atoms with Crippen molar-refractivity contribution in [3.8, 4) is 11.5 Å². The molecule has 1 saturated heterocycles. The maximum Gasteiger partial charge on any atom is 0.232 e. The smallest absolute Gasteiger partial charge is 0.232 e. The van der Waals surface area contributed by atoms with Crippen LogP contribution in [0.15, 0.2) is 42.5 Å². The Balaban J connectivity index is 1.77. The number of piperidine rings is 1. The van der Waals surface area contributed by atoms with Gasteiger partial charge in [-0.25, -0.2) is 4.39 Å². The molecule has 27 heavy (non-hydrogen) atoms. The largest absolute Gasteiger partial charge is 0.504 e. The molecule has 1 heterocycles. The van der Waals surface area contributed by atoms with Crippen LogP contribution in [0.1, 0.15) is 30.9 Å². The van der Waals surface area contributed by atoms with E-state index in [1.54, 1.807) is 30.3 Å². The van der Waals surface area contributed by atoms with Gasteiger partial charge in [-0.05, 0) is 61.7 Å². The minimum atomic E-state index is -0.717. The lowest BCUT2D eigenvalue weighted by molar-refractivity contribution is -0.127. The molecule has 0 unspecified atom stereocenters. The first-order valence-electron chi connectivity index (χ1n) is 9.25. The normalized spacial score (nSPS) is 19.5. The Hall–Kier alpha value is -2.60. The third-order valence-corrected chi connectivity index (χ3v) is 4.99. The number of rotatable bonds is 6. The summed E-state index contributed by atoms with van der Waals surface area (Å²) in [5, 5.41) is 16.1. The molecule has 0 aromatic heterocycles. The summed E-state index contributed by atoms with van der Waals surface area (Å²) >= 11 is 0. The maximum atomic E-state index is 13.3. The summed E-state index contributed by atoms with van der Waals surface area (Å²) in [6, 6.07) is 11.2. The number of phenolic OH excluding ortho intramolecular Hbond substituents is 1. The highest BCUT2D eigenvalue weighted by atomic mass is 19.1. The highest BCUT2D eigenvalue weighted by Crippen LogP contribution is 2.32. The van der Waals surface area contributed by atoms with Crippen molar-refractivity contribution in [2.45, 2.75) is 31.7 Å². The van der Waals surface area contributed by atoms with Crippen LogP contribution in [-0.2, 0) is 16.8 Å². The summed E-state index contributed by atoms with van der Waals surface area (Å²) in [5.74, 6) is 0.0704. The Bertz CT molecular complexity index is 787. The number of amides is 1. The van der Waals surface area contributed by atoms with Crippen molar-refractivity contribution < 1.29 is 19.0 Å². The first-order valence-corrected chi connectivity index (χ1v) is 9.25. The molecule has 0 bridgehead atoms. The zero-order chi connectivity index (χ0) is 19.3. The molecule has 6 heteroatoms.